The van der Waals surface area contributed by atoms with Crippen molar-refractivity contribution in [1.82, 2.24) is 0 Å². The topological polar surface area (TPSA) is 87.0 Å². The molecule has 0 aliphatic heterocycles. The first-order chi connectivity index (χ1) is 16.2. The van der Waals surface area contributed by atoms with Gasteiger partial charge in [0.2, 0.25) is 0 Å². The molecule has 2 saturated carbocycles. The molecule has 0 bridgehead atoms. The third-order valence-corrected chi connectivity index (χ3v) is 8.05. The number of alkyl halides is 3. The highest BCUT2D eigenvalue weighted by molar-refractivity contribution is 5.70. The molecule has 3 rings (SSSR count). The van der Waals surface area contributed by atoms with Gasteiger partial charge in [-0.15, -0.1) is 0 Å². The summed E-state index contributed by atoms with van der Waals surface area (Å²) in [5.74, 6) is -0.555. The van der Waals surface area contributed by atoms with E-state index in [1.54, 1.807) is 6.92 Å². The maximum Gasteiger partial charge on any atom is 0.416 e. The van der Waals surface area contributed by atoms with Crippen LogP contribution in [0.4, 0.5) is 13.2 Å². The lowest BCUT2D eigenvalue weighted by Gasteiger charge is -2.42. The van der Waals surface area contributed by atoms with Crippen LogP contribution in [-0.2, 0) is 9.53 Å². The number of aliphatic hydroxyl groups is 3. The number of carbonyl (C=O) groups excluding carboxylic acids is 1. The second kappa shape index (κ2) is 10.2. The van der Waals surface area contributed by atoms with Crippen LogP contribution in [0.25, 0.3) is 0 Å². The first-order valence-corrected chi connectivity index (χ1v) is 12.3. The maximum absolute atomic E-state index is 12.9. The van der Waals surface area contributed by atoms with E-state index in [0.29, 0.717) is 25.3 Å². The SMILES string of the molecule is C=C1/C(=C\C=C2/CCC[C@]3(C)C([C@H](C)OC(=O)CC[C@@](C)(O)C(F)(F)F)=CC[C@@H]23)C[C@@H](O)C[C@@H]1O. The number of rotatable bonds is 6. The van der Waals surface area contributed by atoms with Crippen molar-refractivity contribution in [3.05, 3.63) is 47.1 Å². The van der Waals surface area contributed by atoms with Crippen molar-refractivity contribution >= 4 is 5.97 Å². The Kier molecular flexibility index (Phi) is 8.09. The summed E-state index contributed by atoms with van der Waals surface area (Å²) >= 11 is 0. The minimum absolute atomic E-state index is 0.210. The number of ether oxygens (including phenoxy) is 1. The van der Waals surface area contributed by atoms with E-state index in [-0.39, 0.29) is 11.3 Å². The zero-order valence-electron chi connectivity index (χ0n) is 20.7. The Morgan fingerprint density at radius 3 is 2.69 bits per heavy atom. The minimum atomic E-state index is -4.81. The number of aliphatic hydroxyl groups excluding tert-OH is 2. The summed E-state index contributed by atoms with van der Waals surface area (Å²) < 4.78 is 44.1. The van der Waals surface area contributed by atoms with Crippen LogP contribution in [0.15, 0.2) is 47.1 Å². The van der Waals surface area contributed by atoms with Crippen LogP contribution >= 0.6 is 0 Å². The molecule has 35 heavy (non-hydrogen) atoms. The largest absolute Gasteiger partial charge is 0.458 e. The van der Waals surface area contributed by atoms with Crippen molar-refractivity contribution in [2.75, 3.05) is 0 Å². The van der Waals surface area contributed by atoms with E-state index >= 15 is 0 Å². The van der Waals surface area contributed by atoms with Gasteiger partial charge >= 0.3 is 12.1 Å². The van der Waals surface area contributed by atoms with Crippen molar-refractivity contribution in [2.45, 2.75) is 102 Å². The molecule has 6 atom stereocenters. The Bertz CT molecular complexity index is 930. The van der Waals surface area contributed by atoms with Crippen molar-refractivity contribution in [3.63, 3.8) is 0 Å². The lowest BCUT2D eigenvalue weighted by molar-refractivity contribution is -0.255. The van der Waals surface area contributed by atoms with Crippen LogP contribution in [0.2, 0.25) is 0 Å². The van der Waals surface area contributed by atoms with Crippen LogP contribution in [-0.4, -0.2) is 51.4 Å². The minimum Gasteiger partial charge on any atom is -0.458 e. The molecule has 3 aliphatic carbocycles. The molecule has 0 aromatic heterocycles. The van der Waals surface area contributed by atoms with Crippen molar-refractivity contribution in [1.29, 1.82) is 0 Å². The lowest BCUT2D eigenvalue weighted by Crippen LogP contribution is -2.42. The van der Waals surface area contributed by atoms with E-state index in [4.69, 9.17) is 4.74 Å². The molecule has 0 heterocycles. The van der Waals surface area contributed by atoms with Crippen molar-refractivity contribution in [2.24, 2.45) is 11.3 Å². The van der Waals surface area contributed by atoms with Gasteiger partial charge in [0.05, 0.1) is 12.2 Å². The van der Waals surface area contributed by atoms with Crippen LogP contribution in [0.1, 0.15) is 72.1 Å². The summed E-state index contributed by atoms with van der Waals surface area (Å²) in [5, 5.41) is 29.7. The molecule has 3 N–H and O–H groups in total. The molecule has 0 amide bonds. The van der Waals surface area contributed by atoms with Crippen LogP contribution in [0, 0.1) is 11.3 Å². The molecule has 2 fully saturated rings. The fraction of sp³-hybridized carbons (Fsp3) is 0.667. The van der Waals surface area contributed by atoms with E-state index in [2.05, 4.69) is 25.7 Å². The Morgan fingerprint density at radius 2 is 2.03 bits per heavy atom. The fourth-order valence-corrected chi connectivity index (χ4v) is 5.75. The molecular weight excluding hydrogens is 461 g/mol. The summed E-state index contributed by atoms with van der Waals surface area (Å²) in [7, 11) is 0. The van der Waals surface area contributed by atoms with E-state index in [9.17, 15) is 33.3 Å². The summed E-state index contributed by atoms with van der Waals surface area (Å²) in [5.41, 5.74) is 0.540. The normalized spacial score (nSPS) is 34.4. The van der Waals surface area contributed by atoms with Crippen molar-refractivity contribution < 1.29 is 38.0 Å². The zero-order chi connectivity index (χ0) is 26.2. The van der Waals surface area contributed by atoms with E-state index in [1.807, 2.05) is 6.08 Å². The first-order valence-electron chi connectivity index (χ1n) is 12.3. The predicted molar refractivity (Wildman–Crippen MR) is 126 cm³/mol. The quantitative estimate of drug-likeness (QED) is 0.352. The van der Waals surface area contributed by atoms with Gasteiger partial charge in [0, 0.05) is 12.8 Å². The molecular formula is C27H37F3O5. The Balaban J connectivity index is 1.67. The van der Waals surface area contributed by atoms with Gasteiger partial charge in [0.25, 0.3) is 0 Å². The molecule has 8 heteroatoms. The summed E-state index contributed by atoms with van der Waals surface area (Å²) in [6.45, 7) is 8.51. The van der Waals surface area contributed by atoms with Gasteiger partial charge in [0.1, 0.15) is 6.10 Å². The lowest BCUT2D eigenvalue weighted by atomic mass is 9.63. The Hall–Kier alpha value is -1.90. The third-order valence-electron chi connectivity index (χ3n) is 8.05. The van der Waals surface area contributed by atoms with Gasteiger partial charge in [-0.25, -0.2) is 0 Å². The van der Waals surface area contributed by atoms with Crippen LogP contribution in [0.3, 0.4) is 0 Å². The average Bonchev–Trinajstić information content (AvgIpc) is 3.10. The molecule has 0 aromatic rings. The van der Waals surface area contributed by atoms with E-state index in [1.165, 1.54) is 5.57 Å². The Morgan fingerprint density at radius 1 is 1.34 bits per heavy atom. The molecule has 0 unspecified atom stereocenters. The van der Waals surface area contributed by atoms with Gasteiger partial charge in [-0.2, -0.15) is 13.2 Å². The molecule has 3 aliphatic rings. The maximum atomic E-state index is 12.9. The number of halogens is 3. The van der Waals surface area contributed by atoms with Crippen molar-refractivity contribution in [3.8, 4) is 0 Å². The molecule has 196 valence electrons. The highest BCUT2D eigenvalue weighted by atomic mass is 19.4. The molecule has 0 spiro atoms. The molecule has 0 saturated heterocycles. The van der Waals surface area contributed by atoms with Crippen LogP contribution in [0.5, 0.6) is 0 Å². The highest BCUT2D eigenvalue weighted by Gasteiger charge is 2.50. The molecule has 0 radical (unpaired) electrons. The number of hydrogen-bond acceptors (Lipinski definition) is 5. The van der Waals surface area contributed by atoms with Gasteiger partial charge < -0.3 is 20.1 Å². The average molecular weight is 499 g/mol. The van der Waals surface area contributed by atoms with E-state index < -0.39 is 48.9 Å². The fourth-order valence-electron chi connectivity index (χ4n) is 5.75. The number of esters is 1. The number of carbonyl (C=O) groups is 1. The number of allylic oxidation sites excluding steroid dienone is 4. The molecule has 0 aromatic carbocycles. The van der Waals surface area contributed by atoms with Gasteiger partial charge in [-0.1, -0.05) is 37.3 Å². The monoisotopic (exact) mass is 498 g/mol. The van der Waals surface area contributed by atoms with Crippen LogP contribution < -0.4 is 0 Å². The smallest absolute Gasteiger partial charge is 0.416 e. The summed E-state index contributed by atoms with van der Waals surface area (Å²) in [6.07, 6.45) is 2.40. The predicted octanol–water partition coefficient (Wildman–Crippen LogP) is 5.07. The van der Waals surface area contributed by atoms with Gasteiger partial charge in [-0.3, -0.25) is 4.79 Å². The standard InChI is InChI=1S/C27H37F3O5/c1-16-19(14-20(31)15-23(16)32)8-7-18-6-5-12-25(3)21(9-10-22(18)25)17(2)35-24(33)11-13-26(4,34)27(28,29)30/h7-9,17,20,22-23,31-32,34H,1,5-6,10-15H2,2-4H3/b18-7+,19-8-/t17-,20+,22-,23-,25+,26+/m0/s1. The first kappa shape index (κ1) is 27.7. The third kappa shape index (κ3) is 5.92. The molecule has 5 nitrogen and oxygen atoms in total. The van der Waals surface area contributed by atoms with Gasteiger partial charge in [-0.05, 0) is 80.4 Å². The second-order valence-electron chi connectivity index (χ2n) is 10.7. The number of hydrogen-bond donors (Lipinski definition) is 3. The Labute approximate surface area is 205 Å². The van der Waals surface area contributed by atoms with Gasteiger partial charge in [0.15, 0.2) is 5.60 Å². The number of fused-ring (bicyclic) bond motifs is 1. The summed E-state index contributed by atoms with van der Waals surface area (Å²) in [4.78, 5) is 12.3. The highest BCUT2D eigenvalue weighted by Crippen LogP contribution is 2.56. The zero-order valence-corrected chi connectivity index (χ0v) is 20.7. The second-order valence-corrected chi connectivity index (χ2v) is 10.7. The summed E-state index contributed by atoms with van der Waals surface area (Å²) in [6, 6.07) is 0. The van der Waals surface area contributed by atoms with E-state index in [0.717, 1.165) is 36.8 Å².